The highest BCUT2D eigenvalue weighted by molar-refractivity contribution is 5.96. The maximum absolute atomic E-state index is 11.9. The first kappa shape index (κ1) is 15.2. The van der Waals surface area contributed by atoms with Crippen LogP contribution in [0, 0.1) is 0 Å². The van der Waals surface area contributed by atoms with Crippen molar-refractivity contribution in [1.82, 2.24) is 5.32 Å². The molecule has 0 bridgehead atoms. The molecular weight excluding hydrogens is 246 g/mol. The molecule has 104 valence electrons. The Bertz CT molecular complexity index is 428. The lowest BCUT2D eigenvalue weighted by Crippen LogP contribution is -2.40. The Hall–Kier alpha value is -1.88. The van der Waals surface area contributed by atoms with Crippen molar-refractivity contribution in [2.75, 3.05) is 0 Å². The first-order valence-electron chi connectivity index (χ1n) is 6.32. The first-order valence-corrected chi connectivity index (χ1v) is 6.32. The Kier molecular flexibility index (Phi) is 6.02. The van der Waals surface area contributed by atoms with Gasteiger partial charge in [0, 0.05) is 5.56 Å². The predicted octanol–water partition coefficient (Wildman–Crippen LogP) is 1.55. The zero-order valence-corrected chi connectivity index (χ0v) is 10.9. The highest BCUT2D eigenvalue weighted by atomic mass is 16.4. The number of nitrogens with one attached hydrogen (secondary N) is 1. The first-order chi connectivity index (χ1) is 9.08. The number of aliphatic hydroxyl groups excluding tert-OH is 1. The minimum atomic E-state index is -1.02. The Morgan fingerprint density at radius 1 is 1.26 bits per heavy atom. The van der Waals surface area contributed by atoms with Crippen LogP contribution in [0.4, 0.5) is 0 Å². The van der Waals surface area contributed by atoms with Gasteiger partial charge >= 0.3 is 5.97 Å². The van der Waals surface area contributed by atoms with Crippen LogP contribution in [0.2, 0.25) is 0 Å². The molecule has 1 aromatic carbocycles. The van der Waals surface area contributed by atoms with Crippen LogP contribution >= 0.6 is 0 Å². The number of benzene rings is 1. The van der Waals surface area contributed by atoms with Gasteiger partial charge in [-0.05, 0) is 24.1 Å². The molecule has 0 aliphatic heterocycles. The second-order valence-corrected chi connectivity index (χ2v) is 4.36. The van der Waals surface area contributed by atoms with Crippen LogP contribution in [-0.4, -0.2) is 28.1 Å². The SMILES string of the molecule is CCCC[C@H](NC(=O)c1ccc(CO)cc1)C(=O)O. The average molecular weight is 265 g/mol. The number of aliphatic carboxylic acids is 1. The summed E-state index contributed by atoms with van der Waals surface area (Å²) in [6.45, 7) is 1.88. The monoisotopic (exact) mass is 265 g/mol. The van der Waals surface area contributed by atoms with E-state index in [0.29, 0.717) is 17.5 Å². The molecule has 1 amide bonds. The maximum Gasteiger partial charge on any atom is 0.326 e. The molecule has 0 radical (unpaired) electrons. The smallest absolute Gasteiger partial charge is 0.326 e. The molecule has 5 heteroatoms. The van der Waals surface area contributed by atoms with Crippen molar-refractivity contribution in [2.45, 2.75) is 38.8 Å². The number of aliphatic hydroxyl groups is 1. The van der Waals surface area contributed by atoms with E-state index in [9.17, 15) is 9.59 Å². The third-order valence-electron chi connectivity index (χ3n) is 2.85. The lowest BCUT2D eigenvalue weighted by molar-refractivity contribution is -0.139. The highest BCUT2D eigenvalue weighted by Crippen LogP contribution is 2.06. The number of unbranched alkanes of at least 4 members (excludes halogenated alkanes) is 1. The van der Waals surface area contributed by atoms with Crippen molar-refractivity contribution in [3.8, 4) is 0 Å². The largest absolute Gasteiger partial charge is 0.480 e. The van der Waals surface area contributed by atoms with E-state index in [1.54, 1.807) is 24.3 Å². The molecule has 0 saturated heterocycles. The molecular formula is C14H19NO4. The summed E-state index contributed by atoms with van der Waals surface area (Å²) < 4.78 is 0. The third kappa shape index (κ3) is 4.71. The van der Waals surface area contributed by atoms with Gasteiger partial charge in [0.05, 0.1) is 6.61 Å². The van der Waals surface area contributed by atoms with E-state index in [2.05, 4.69) is 5.32 Å². The topological polar surface area (TPSA) is 86.6 Å². The van der Waals surface area contributed by atoms with Gasteiger partial charge in [0.2, 0.25) is 0 Å². The molecule has 1 atom stereocenters. The fraction of sp³-hybridized carbons (Fsp3) is 0.429. The second kappa shape index (κ2) is 7.53. The molecule has 0 unspecified atom stereocenters. The van der Waals surface area contributed by atoms with E-state index >= 15 is 0 Å². The van der Waals surface area contributed by atoms with Crippen molar-refractivity contribution in [2.24, 2.45) is 0 Å². The fourth-order valence-electron chi connectivity index (χ4n) is 1.67. The zero-order valence-electron chi connectivity index (χ0n) is 10.9. The normalized spacial score (nSPS) is 11.9. The third-order valence-corrected chi connectivity index (χ3v) is 2.85. The molecule has 1 aromatic rings. The molecule has 0 aliphatic carbocycles. The van der Waals surface area contributed by atoms with Gasteiger partial charge < -0.3 is 15.5 Å². The molecule has 3 N–H and O–H groups in total. The van der Waals surface area contributed by atoms with Gasteiger partial charge in [-0.2, -0.15) is 0 Å². The van der Waals surface area contributed by atoms with Gasteiger partial charge in [-0.3, -0.25) is 4.79 Å². The summed E-state index contributed by atoms with van der Waals surface area (Å²) in [5, 5.41) is 20.4. The predicted molar refractivity (Wildman–Crippen MR) is 70.8 cm³/mol. The number of hydrogen-bond acceptors (Lipinski definition) is 3. The Morgan fingerprint density at radius 2 is 1.89 bits per heavy atom. The molecule has 1 rings (SSSR count). The molecule has 0 spiro atoms. The van der Waals surface area contributed by atoms with Gasteiger partial charge in [-0.15, -0.1) is 0 Å². The second-order valence-electron chi connectivity index (χ2n) is 4.36. The summed E-state index contributed by atoms with van der Waals surface area (Å²) in [5.41, 5.74) is 1.09. The quantitative estimate of drug-likeness (QED) is 0.698. The van der Waals surface area contributed by atoms with Gasteiger partial charge in [-0.1, -0.05) is 31.9 Å². The minimum absolute atomic E-state index is 0.0872. The number of carboxylic acids is 1. The molecule has 19 heavy (non-hydrogen) atoms. The average Bonchev–Trinajstić information content (AvgIpc) is 2.43. The van der Waals surface area contributed by atoms with Crippen molar-refractivity contribution in [3.05, 3.63) is 35.4 Å². The molecule has 0 heterocycles. The van der Waals surface area contributed by atoms with Crippen molar-refractivity contribution >= 4 is 11.9 Å². The number of carboxylic acid groups (broad SMARTS) is 1. The van der Waals surface area contributed by atoms with Gasteiger partial charge in [0.25, 0.3) is 5.91 Å². The zero-order chi connectivity index (χ0) is 14.3. The van der Waals surface area contributed by atoms with Crippen molar-refractivity contribution < 1.29 is 19.8 Å². The summed E-state index contributed by atoms with van der Waals surface area (Å²) >= 11 is 0. The molecule has 5 nitrogen and oxygen atoms in total. The number of carbonyl (C=O) groups excluding carboxylic acids is 1. The van der Waals surface area contributed by atoms with E-state index < -0.39 is 17.9 Å². The minimum Gasteiger partial charge on any atom is -0.480 e. The summed E-state index contributed by atoms with van der Waals surface area (Å²) in [7, 11) is 0. The standard InChI is InChI=1S/C14H19NO4/c1-2-3-4-12(14(18)19)15-13(17)11-7-5-10(9-16)6-8-11/h5-8,12,16H,2-4,9H2,1H3,(H,15,17)(H,18,19)/t12-/m0/s1. The van der Waals surface area contributed by atoms with E-state index in [-0.39, 0.29) is 6.61 Å². The number of carbonyl (C=O) groups is 2. The maximum atomic E-state index is 11.9. The number of hydrogen-bond donors (Lipinski definition) is 3. The lowest BCUT2D eigenvalue weighted by Gasteiger charge is -2.14. The van der Waals surface area contributed by atoms with Gasteiger partial charge in [0.1, 0.15) is 6.04 Å². The van der Waals surface area contributed by atoms with Crippen LogP contribution in [0.1, 0.15) is 42.1 Å². The van der Waals surface area contributed by atoms with Gasteiger partial charge in [-0.25, -0.2) is 4.79 Å². The van der Waals surface area contributed by atoms with Crippen LogP contribution in [0.3, 0.4) is 0 Å². The van der Waals surface area contributed by atoms with Crippen LogP contribution in [0.5, 0.6) is 0 Å². The van der Waals surface area contributed by atoms with Crippen molar-refractivity contribution in [3.63, 3.8) is 0 Å². The highest BCUT2D eigenvalue weighted by Gasteiger charge is 2.19. The summed E-state index contributed by atoms with van der Waals surface area (Å²) in [4.78, 5) is 22.9. The Morgan fingerprint density at radius 3 is 2.37 bits per heavy atom. The van der Waals surface area contributed by atoms with Crippen LogP contribution in [-0.2, 0) is 11.4 Å². The van der Waals surface area contributed by atoms with Crippen LogP contribution < -0.4 is 5.32 Å². The molecule has 0 saturated carbocycles. The van der Waals surface area contributed by atoms with E-state index in [0.717, 1.165) is 12.8 Å². The number of rotatable bonds is 7. The van der Waals surface area contributed by atoms with Crippen LogP contribution in [0.25, 0.3) is 0 Å². The van der Waals surface area contributed by atoms with E-state index in [1.807, 2.05) is 6.92 Å². The fourth-order valence-corrected chi connectivity index (χ4v) is 1.67. The number of amides is 1. The summed E-state index contributed by atoms with van der Waals surface area (Å²) in [6, 6.07) is 5.55. The summed E-state index contributed by atoms with van der Waals surface area (Å²) in [6.07, 6.45) is 2.05. The lowest BCUT2D eigenvalue weighted by atomic mass is 10.1. The van der Waals surface area contributed by atoms with E-state index in [1.165, 1.54) is 0 Å². The van der Waals surface area contributed by atoms with Crippen LogP contribution in [0.15, 0.2) is 24.3 Å². The Balaban J connectivity index is 2.67. The van der Waals surface area contributed by atoms with Gasteiger partial charge in [0.15, 0.2) is 0 Å². The molecule has 0 aromatic heterocycles. The van der Waals surface area contributed by atoms with Crippen molar-refractivity contribution in [1.29, 1.82) is 0 Å². The Labute approximate surface area is 112 Å². The molecule has 0 fully saturated rings. The molecule has 0 aliphatic rings. The summed E-state index contributed by atoms with van der Waals surface area (Å²) in [5.74, 6) is -1.43. The van der Waals surface area contributed by atoms with E-state index in [4.69, 9.17) is 10.2 Å².